The van der Waals surface area contributed by atoms with E-state index in [1.807, 2.05) is 87.8 Å². The van der Waals surface area contributed by atoms with Gasteiger partial charge in [-0.2, -0.15) is 0 Å². The second-order valence-electron chi connectivity index (χ2n) is 8.67. The number of aromatic nitrogens is 3. The highest BCUT2D eigenvalue weighted by Gasteiger charge is 2.20. The van der Waals surface area contributed by atoms with Gasteiger partial charge in [0.1, 0.15) is 17.0 Å². The molecule has 0 aliphatic carbocycles. The Bertz CT molecular complexity index is 1550. The molecule has 1 N–H and O–H groups in total. The zero-order valence-electron chi connectivity index (χ0n) is 19.7. The molecule has 0 aliphatic heterocycles. The van der Waals surface area contributed by atoms with Crippen LogP contribution in [-0.4, -0.2) is 15.0 Å². The Morgan fingerprint density at radius 3 is 2.47 bits per heavy atom. The first kappa shape index (κ1) is 21.6. The lowest BCUT2D eigenvalue weighted by molar-refractivity contribution is 0.605. The van der Waals surface area contributed by atoms with E-state index in [-0.39, 0.29) is 11.5 Å². The van der Waals surface area contributed by atoms with Crippen LogP contribution in [-0.2, 0) is 7.05 Å². The number of benzene rings is 3. The number of anilines is 1. The predicted molar refractivity (Wildman–Crippen MR) is 136 cm³/mol. The lowest BCUT2D eigenvalue weighted by atomic mass is 9.98. The van der Waals surface area contributed by atoms with Gasteiger partial charge >= 0.3 is 0 Å². The van der Waals surface area contributed by atoms with Crippen LogP contribution in [0.15, 0.2) is 82.1 Å². The summed E-state index contributed by atoms with van der Waals surface area (Å²) in [5.41, 5.74) is 6.73. The smallest absolute Gasteiger partial charge is 0.196 e. The third-order valence-electron chi connectivity index (χ3n) is 6.07. The minimum Gasteiger partial charge on any atom is -0.455 e. The maximum absolute atomic E-state index is 13.4. The van der Waals surface area contributed by atoms with Crippen LogP contribution in [0, 0.1) is 13.8 Å². The molecule has 0 radical (unpaired) electrons. The van der Waals surface area contributed by atoms with Crippen molar-refractivity contribution in [3.05, 3.63) is 99.8 Å². The molecule has 0 spiro atoms. The quantitative estimate of drug-likeness (QED) is 0.353. The molecule has 3 aromatic carbocycles. The summed E-state index contributed by atoms with van der Waals surface area (Å²) >= 11 is 0. The Hall–Kier alpha value is -4.19. The van der Waals surface area contributed by atoms with E-state index in [0.29, 0.717) is 22.3 Å². The summed E-state index contributed by atoms with van der Waals surface area (Å²) in [6.07, 6.45) is 1.89. The van der Waals surface area contributed by atoms with Crippen molar-refractivity contribution in [2.75, 3.05) is 5.32 Å². The van der Waals surface area contributed by atoms with Crippen LogP contribution in [0.5, 0.6) is 0 Å². The summed E-state index contributed by atoms with van der Waals surface area (Å²) in [4.78, 5) is 13.4. The minimum absolute atomic E-state index is 0.00258. The van der Waals surface area contributed by atoms with Gasteiger partial charge in [0.05, 0.1) is 17.6 Å². The lowest BCUT2D eigenvalue weighted by Crippen LogP contribution is -2.12. The van der Waals surface area contributed by atoms with Gasteiger partial charge in [0.25, 0.3) is 0 Å². The molecule has 6 heteroatoms. The second kappa shape index (κ2) is 8.63. The van der Waals surface area contributed by atoms with E-state index in [4.69, 9.17) is 4.42 Å². The first-order valence-electron chi connectivity index (χ1n) is 11.3. The second-order valence-corrected chi connectivity index (χ2v) is 8.67. The normalized spacial score (nSPS) is 12.1. The van der Waals surface area contributed by atoms with Crippen LogP contribution in [0.3, 0.4) is 0 Å². The Kier molecular flexibility index (Phi) is 5.49. The van der Waals surface area contributed by atoms with E-state index in [1.54, 1.807) is 4.68 Å². The summed E-state index contributed by atoms with van der Waals surface area (Å²) in [5, 5.41) is 12.5. The van der Waals surface area contributed by atoms with Gasteiger partial charge in [0.15, 0.2) is 5.43 Å². The van der Waals surface area contributed by atoms with Gasteiger partial charge in [-0.3, -0.25) is 9.48 Å². The van der Waals surface area contributed by atoms with E-state index in [0.717, 1.165) is 33.6 Å². The van der Waals surface area contributed by atoms with Crippen molar-refractivity contribution in [3.8, 4) is 22.6 Å². The number of aryl methyl sites for hydroxylation is 2. The van der Waals surface area contributed by atoms with Crippen LogP contribution < -0.4 is 10.7 Å². The van der Waals surface area contributed by atoms with Crippen molar-refractivity contribution in [1.82, 2.24) is 15.0 Å². The average molecular weight is 451 g/mol. The number of rotatable bonds is 5. The summed E-state index contributed by atoms with van der Waals surface area (Å²) in [7, 11) is 1.85. The van der Waals surface area contributed by atoms with E-state index < -0.39 is 0 Å². The molecule has 2 aromatic heterocycles. The zero-order chi connectivity index (χ0) is 23.8. The molecule has 0 aliphatic rings. The van der Waals surface area contributed by atoms with Gasteiger partial charge in [-0.05, 0) is 38.5 Å². The fourth-order valence-corrected chi connectivity index (χ4v) is 4.37. The first-order valence-corrected chi connectivity index (χ1v) is 11.3. The molecule has 5 aromatic rings. The zero-order valence-corrected chi connectivity index (χ0v) is 19.7. The van der Waals surface area contributed by atoms with Crippen molar-refractivity contribution >= 4 is 16.7 Å². The molecule has 0 saturated heterocycles. The number of hydrogen-bond donors (Lipinski definition) is 1. The summed E-state index contributed by atoms with van der Waals surface area (Å²) in [6, 6.07) is 21.6. The van der Waals surface area contributed by atoms with Crippen LogP contribution in [0.2, 0.25) is 0 Å². The summed E-state index contributed by atoms with van der Waals surface area (Å²) in [6.45, 7) is 5.90. The SMILES string of the molecule is Cc1cc([C@@H](C)Nc2ccccc2-c2cn(C)nn2)c2oc(-c3ccccc3)c(C)c(=O)c2c1. The van der Waals surface area contributed by atoms with Crippen LogP contribution >= 0.6 is 0 Å². The lowest BCUT2D eigenvalue weighted by Gasteiger charge is -2.20. The fraction of sp³-hybridized carbons (Fsp3) is 0.179. The Morgan fingerprint density at radius 2 is 1.74 bits per heavy atom. The highest BCUT2D eigenvalue weighted by atomic mass is 16.3. The number of nitrogens with zero attached hydrogens (tertiary/aromatic N) is 3. The minimum atomic E-state index is -0.130. The molecular weight excluding hydrogens is 424 g/mol. The van der Waals surface area contributed by atoms with Gasteiger partial charge in [0, 0.05) is 35.0 Å². The van der Waals surface area contributed by atoms with Gasteiger partial charge in [0.2, 0.25) is 0 Å². The van der Waals surface area contributed by atoms with Gasteiger partial charge in [-0.25, -0.2) is 0 Å². The van der Waals surface area contributed by atoms with Gasteiger partial charge in [-0.15, -0.1) is 5.10 Å². The van der Waals surface area contributed by atoms with Crippen molar-refractivity contribution in [1.29, 1.82) is 0 Å². The molecule has 5 rings (SSSR count). The molecular formula is C28H26N4O2. The highest BCUT2D eigenvalue weighted by Crippen LogP contribution is 2.34. The monoisotopic (exact) mass is 450 g/mol. The number of nitrogens with one attached hydrogen (secondary N) is 1. The Morgan fingerprint density at radius 1 is 1.00 bits per heavy atom. The molecule has 6 nitrogen and oxygen atoms in total. The highest BCUT2D eigenvalue weighted by molar-refractivity contribution is 5.85. The molecule has 0 amide bonds. The molecule has 2 heterocycles. The largest absolute Gasteiger partial charge is 0.455 e. The molecule has 1 atom stereocenters. The van der Waals surface area contributed by atoms with Gasteiger partial charge in [-0.1, -0.05) is 59.8 Å². The molecule has 170 valence electrons. The van der Waals surface area contributed by atoms with Gasteiger partial charge < -0.3 is 9.73 Å². The predicted octanol–water partition coefficient (Wildman–Crippen LogP) is 6.05. The van der Waals surface area contributed by atoms with E-state index >= 15 is 0 Å². The van der Waals surface area contributed by atoms with E-state index in [2.05, 4.69) is 28.6 Å². The molecule has 0 unspecified atom stereocenters. The first-order chi connectivity index (χ1) is 16.4. The third-order valence-corrected chi connectivity index (χ3v) is 6.07. The average Bonchev–Trinajstić information content (AvgIpc) is 3.28. The van der Waals surface area contributed by atoms with Crippen molar-refractivity contribution in [2.45, 2.75) is 26.8 Å². The molecule has 0 saturated carbocycles. The number of hydrogen-bond acceptors (Lipinski definition) is 5. The van der Waals surface area contributed by atoms with E-state index in [1.165, 1.54) is 0 Å². The standard InChI is InChI=1S/C28H26N4O2/c1-17-14-22(19(3)29-24-13-9-8-12-21(24)25-16-32(4)31-30-25)28-23(15-17)26(33)18(2)27(34-28)20-10-6-5-7-11-20/h5-16,19,29H,1-4H3/t19-/m1/s1. The van der Waals surface area contributed by atoms with Crippen molar-refractivity contribution < 1.29 is 4.42 Å². The Balaban J connectivity index is 1.63. The van der Waals surface area contributed by atoms with Crippen LogP contribution in [0.25, 0.3) is 33.6 Å². The maximum atomic E-state index is 13.4. The van der Waals surface area contributed by atoms with E-state index in [9.17, 15) is 4.79 Å². The molecule has 0 bridgehead atoms. The Labute approximate surface area is 197 Å². The topological polar surface area (TPSA) is 73.0 Å². The van der Waals surface area contributed by atoms with Crippen LogP contribution in [0.1, 0.15) is 29.7 Å². The number of fused-ring (bicyclic) bond motifs is 1. The van der Waals surface area contributed by atoms with Crippen molar-refractivity contribution in [3.63, 3.8) is 0 Å². The molecule has 0 fully saturated rings. The third kappa shape index (κ3) is 3.88. The molecule has 34 heavy (non-hydrogen) atoms. The summed E-state index contributed by atoms with van der Waals surface area (Å²) in [5.74, 6) is 0.607. The van der Waals surface area contributed by atoms with Crippen molar-refractivity contribution in [2.24, 2.45) is 7.05 Å². The maximum Gasteiger partial charge on any atom is 0.196 e. The number of para-hydroxylation sites is 1. The fourth-order valence-electron chi connectivity index (χ4n) is 4.37. The van der Waals surface area contributed by atoms with Crippen LogP contribution in [0.4, 0.5) is 5.69 Å². The summed E-state index contributed by atoms with van der Waals surface area (Å²) < 4.78 is 8.14.